The molecule has 11 heteroatoms. The smallest absolute Gasteiger partial charge is 0.272 e. The number of ether oxygens (including phenoxy) is 2. The Bertz CT molecular complexity index is 1960. The zero-order chi connectivity index (χ0) is 34.0. The summed E-state index contributed by atoms with van der Waals surface area (Å²) in [4.78, 5) is 45.9. The first-order valence-corrected chi connectivity index (χ1v) is 16.7. The molecule has 48 heavy (non-hydrogen) atoms. The van der Waals surface area contributed by atoms with Gasteiger partial charge in [-0.25, -0.2) is 4.98 Å². The van der Waals surface area contributed by atoms with Crippen LogP contribution in [0.1, 0.15) is 26.4 Å². The summed E-state index contributed by atoms with van der Waals surface area (Å²) in [6.45, 7) is 4.02. The van der Waals surface area contributed by atoms with Crippen LogP contribution >= 0.6 is 23.1 Å². The van der Waals surface area contributed by atoms with E-state index in [2.05, 4.69) is 20.9 Å². The van der Waals surface area contributed by atoms with Gasteiger partial charge in [0.05, 0.1) is 25.7 Å². The number of thiazole rings is 1. The van der Waals surface area contributed by atoms with E-state index < -0.39 is 11.8 Å². The van der Waals surface area contributed by atoms with Gasteiger partial charge in [-0.2, -0.15) is 0 Å². The molecule has 3 N–H and O–H groups in total. The molecular formula is C37H34N4O5S2. The van der Waals surface area contributed by atoms with Crippen LogP contribution in [-0.4, -0.2) is 42.7 Å². The van der Waals surface area contributed by atoms with E-state index in [1.54, 1.807) is 79.9 Å². The molecule has 0 fully saturated rings. The number of nitrogens with zero attached hydrogens (tertiary/aromatic N) is 1. The summed E-state index contributed by atoms with van der Waals surface area (Å²) >= 11 is 2.76. The SMILES string of the molecule is COc1ccc(/C=C(/NC(=O)c2ccccc2)C(=O)Nc2cccc(SCC(=O)Nc3nc(-c4ccc(C)cc4)c(C)s3)c2)c(OC)c1. The Labute approximate surface area is 287 Å². The van der Waals surface area contributed by atoms with Crippen LogP contribution in [0.2, 0.25) is 0 Å². The summed E-state index contributed by atoms with van der Waals surface area (Å²) in [5, 5.41) is 9.05. The highest BCUT2D eigenvalue weighted by Crippen LogP contribution is 2.31. The Kier molecular flexibility index (Phi) is 11.3. The Morgan fingerprint density at radius 3 is 2.35 bits per heavy atom. The van der Waals surface area contributed by atoms with Crippen LogP contribution < -0.4 is 25.4 Å². The summed E-state index contributed by atoms with van der Waals surface area (Å²) in [5.41, 5.74) is 4.48. The first-order valence-electron chi connectivity index (χ1n) is 14.9. The van der Waals surface area contributed by atoms with Crippen molar-refractivity contribution in [1.82, 2.24) is 10.3 Å². The summed E-state index contributed by atoms with van der Waals surface area (Å²) in [5.74, 6) is 0.0122. The third-order valence-electron chi connectivity index (χ3n) is 7.10. The molecule has 0 saturated carbocycles. The van der Waals surface area contributed by atoms with Crippen molar-refractivity contribution in [1.29, 1.82) is 0 Å². The van der Waals surface area contributed by atoms with Gasteiger partial charge in [0.25, 0.3) is 11.8 Å². The summed E-state index contributed by atoms with van der Waals surface area (Å²) in [7, 11) is 3.06. The van der Waals surface area contributed by atoms with Gasteiger partial charge in [-0.1, -0.05) is 54.1 Å². The molecule has 0 radical (unpaired) electrons. The maximum atomic E-state index is 13.6. The van der Waals surface area contributed by atoms with Crippen molar-refractivity contribution in [2.24, 2.45) is 0 Å². The van der Waals surface area contributed by atoms with Crippen LogP contribution in [0.15, 0.2) is 108 Å². The average molecular weight is 679 g/mol. The molecule has 244 valence electrons. The molecule has 4 aromatic carbocycles. The van der Waals surface area contributed by atoms with Crippen LogP contribution in [0.5, 0.6) is 11.5 Å². The molecular weight excluding hydrogens is 645 g/mol. The van der Waals surface area contributed by atoms with Crippen molar-refractivity contribution in [3.63, 3.8) is 0 Å². The molecule has 0 bridgehead atoms. The Morgan fingerprint density at radius 1 is 0.854 bits per heavy atom. The molecule has 1 heterocycles. The largest absolute Gasteiger partial charge is 0.497 e. The number of nitrogens with one attached hydrogen (secondary N) is 3. The fourth-order valence-electron chi connectivity index (χ4n) is 4.63. The minimum atomic E-state index is -0.541. The van der Waals surface area contributed by atoms with Gasteiger partial charge in [0, 0.05) is 38.2 Å². The third-order valence-corrected chi connectivity index (χ3v) is 8.98. The van der Waals surface area contributed by atoms with Gasteiger partial charge >= 0.3 is 0 Å². The fourth-order valence-corrected chi connectivity index (χ4v) is 6.24. The van der Waals surface area contributed by atoms with E-state index in [1.165, 1.54) is 35.8 Å². The Morgan fingerprint density at radius 2 is 1.62 bits per heavy atom. The van der Waals surface area contributed by atoms with Gasteiger partial charge in [0.15, 0.2) is 5.13 Å². The first-order chi connectivity index (χ1) is 23.2. The van der Waals surface area contributed by atoms with E-state index in [4.69, 9.17) is 9.47 Å². The topological polar surface area (TPSA) is 119 Å². The van der Waals surface area contributed by atoms with Crippen LogP contribution in [-0.2, 0) is 9.59 Å². The van der Waals surface area contributed by atoms with Crippen LogP contribution in [0, 0.1) is 13.8 Å². The van der Waals surface area contributed by atoms with E-state index in [9.17, 15) is 14.4 Å². The van der Waals surface area contributed by atoms with Gasteiger partial charge in [0.2, 0.25) is 5.91 Å². The number of anilines is 2. The predicted molar refractivity (Wildman–Crippen MR) is 193 cm³/mol. The highest BCUT2D eigenvalue weighted by atomic mass is 32.2. The monoisotopic (exact) mass is 678 g/mol. The van der Waals surface area contributed by atoms with E-state index in [1.807, 2.05) is 44.2 Å². The third kappa shape index (κ3) is 8.90. The lowest BCUT2D eigenvalue weighted by molar-refractivity contribution is -0.114. The number of benzene rings is 4. The number of methoxy groups -OCH3 is 2. The lowest BCUT2D eigenvalue weighted by atomic mass is 10.1. The number of carbonyl (C=O) groups is 3. The molecule has 5 aromatic rings. The van der Waals surface area contributed by atoms with E-state index in [0.29, 0.717) is 33.4 Å². The van der Waals surface area contributed by atoms with Crippen LogP contribution in [0.25, 0.3) is 17.3 Å². The van der Waals surface area contributed by atoms with Crippen molar-refractivity contribution in [2.75, 3.05) is 30.6 Å². The summed E-state index contributed by atoms with van der Waals surface area (Å²) < 4.78 is 10.8. The van der Waals surface area contributed by atoms with Gasteiger partial charge in [-0.05, 0) is 62.4 Å². The Hall–Kier alpha value is -5.39. The van der Waals surface area contributed by atoms with Gasteiger partial charge in [-0.15, -0.1) is 23.1 Å². The molecule has 0 unspecified atom stereocenters. The van der Waals surface area contributed by atoms with Crippen LogP contribution in [0.4, 0.5) is 10.8 Å². The van der Waals surface area contributed by atoms with Crippen molar-refractivity contribution < 1.29 is 23.9 Å². The maximum Gasteiger partial charge on any atom is 0.272 e. The highest BCUT2D eigenvalue weighted by molar-refractivity contribution is 8.00. The molecule has 0 aliphatic carbocycles. The highest BCUT2D eigenvalue weighted by Gasteiger charge is 2.17. The standard InChI is InChI=1S/C37H34N4O5S2/c1-23-13-15-25(16-14-23)34-24(2)48-37(41-34)40-33(42)22-47-30-12-8-11-28(20-30)38-36(44)31(39-35(43)26-9-6-5-7-10-26)19-27-17-18-29(45-3)21-32(27)46-4/h5-21H,22H2,1-4H3,(H,38,44)(H,39,43)(H,40,41,42)/b31-19+. The minimum absolute atomic E-state index is 0.00787. The Balaban J connectivity index is 1.27. The number of rotatable bonds is 12. The van der Waals surface area contributed by atoms with Gasteiger partial charge in [0.1, 0.15) is 17.2 Å². The number of aryl methyl sites for hydroxylation is 2. The first kappa shape index (κ1) is 34.0. The van der Waals surface area contributed by atoms with E-state index in [0.717, 1.165) is 21.0 Å². The molecule has 0 saturated heterocycles. The quantitative estimate of drug-likeness (QED) is 0.0920. The number of hydrogen-bond donors (Lipinski definition) is 3. The summed E-state index contributed by atoms with van der Waals surface area (Å²) in [6.07, 6.45) is 1.54. The average Bonchev–Trinajstić information content (AvgIpc) is 3.47. The second kappa shape index (κ2) is 15.9. The zero-order valence-corrected chi connectivity index (χ0v) is 28.5. The van der Waals surface area contributed by atoms with E-state index >= 15 is 0 Å². The number of thioether (sulfide) groups is 1. The molecule has 1 aromatic heterocycles. The predicted octanol–water partition coefficient (Wildman–Crippen LogP) is 7.58. The number of carbonyl (C=O) groups excluding carboxylic acids is 3. The van der Waals surface area contributed by atoms with Crippen molar-refractivity contribution in [2.45, 2.75) is 18.7 Å². The zero-order valence-electron chi connectivity index (χ0n) is 26.8. The maximum absolute atomic E-state index is 13.6. The fraction of sp³-hybridized carbons (Fsp3) is 0.135. The normalized spacial score (nSPS) is 11.0. The molecule has 0 aliphatic rings. The molecule has 3 amide bonds. The van der Waals surface area contributed by atoms with Crippen LogP contribution in [0.3, 0.4) is 0 Å². The molecule has 0 atom stereocenters. The molecule has 5 rings (SSSR count). The molecule has 9 nitrogen and oxygen atoms in total. The second-order valence-corrected chi connectivity index (χ2v) is 12.8. The number of amides is 3. The minimum Gasteiger partial charge on any atom is -0.497 e. The lowest BCUT2D eigenvalue weighted by Gasteiger charge is -2.13. The summed E-state index contributed by atoms with van der Waals surface area (Å²) in [6, 6.07) is 29.0. The second-order valence-electron chi connectivity index (χ2n) is 10.6. The molecule has 0 spiro atoms. The lowest BCUT2D eigenvalue weighted by Crippen LogP contribution is -2.30. The number of hydrogen-bond acceptors (Lipinski definition) is 8. The molecule has 0 aliphatic heterocycles. The van der Waals surface area contributed by atoms with Crippen molar-refractivity contribution >= 4 is 57.7 Å². The van der Waals surface area contributed by atoms with Gasteiger partial charge in [-0.3, -0.25) is 14.4 Å². The van der Waals surface area contributed by atoms with Gasteiger partial charge < -0.3 is 25.4 Å². The number of aromatic nitrogens is 1. The van der Waals surface area contributed by atoms with Crippen molar-refractivity contribution in [3.8, 4) is 22.8 Å². The van der Waals surface area contributed by atoms with Crippen molar-refractivity contribution in [3.05, 3.63) is 124 Å². The van der Waals surface area contributed by atoms with E-state index in [-0.39, 0.29) is 17.4 Å².